The Kier molecular flexibility index (Phi) is 56.4. The zero-order valence-electron chi connectivity index (χ0n) is 45.6. The van der Waals surface area contributed by atoms with E-state index < -0.39 is 18.2 Å². The fourth-order valence-electron chi connectivity index (χ4n) is 9.83. The molecule has 3 atom stereocenters. The number of carbonyl (C=O) groups excluding carboxylic acids is 1. The molecular weight excluding hydrogens is 823 g/mol. The molecule has 0 aliphatic rings. The molecule has 0 saturated heterocycles. The molecule has 0 aromatic rings. The lowest BCUT2D eigenvalue weighted by Crippen LogP contribution is -2.50. The Morgan fingerprint density at radius 3 is 0.910 bits per heavy atom. The lowest BCUT2D eigenvalue weighted by atomic mass is 10.0. The summed E-state index contributed by atoms with van der Waals surface area (Å²) in [5.41, 5.74) is 0. The third-order valence-corrected chi connectivity index (χ3v) is 14.5. The van der Waals surface area contributed by atoms with Gasteiger partial charge in [-0.2, -0.15) is 0 Å². The van der Waals surface area contributed by atoms with Crippen molar-refractivity contribution < 1.29 is 20.1 Å². The van der Waals surface area contributed by atoms with E-state index in [1.54, 1.807) is 0 Å². The molecule has 398 valence electrons. The van der Waals surface area contributed by atoms with Gasteiger partial charge in [0.1, 0.15) is 6.10 Å². The van der Waals surface area contributed by atoms with E-state index in [4.69, 9.17) is 0 Å². The number of hydrogen-bond acceptors (Lipinski definition) is 4. The second-order valence-electron chi connectivity index (χ2n) is 21.3. The number of unbranched alkanes of at least 4 members (excludes halogenated alkanes) is 45. The minimum Gasteiger partial charge on any atom is -0.394 e. The van der Waals surface area contributed by atoms with E-state index in [9.17, 15) is 20.1 Å². The summed E-state index contributed by atoms with van der Waals surface area (Å²) in [4.78, 5) is 12.5. The number of carbonyl (C=O) groups is 1. The molecule has 0 spiro atoms. The van der Waals surface area contributed by atoms with Crippen LogP contribution in [0.5, 0.6) is 0 Å². The van der Waals surface area contributed by atoms with Gasteiger partial charge in [0.2, 0.25) is 5.91 Å². The molecule has 0 aromatic carbocycles. The van der Waals surface area contributed by atoms with Gasteiger partial charge in [-0.3, -0.25) is 4.79 Å². The summed E-state index contributed by atoms with van der Waals surface area (Å²) < 4.78 is 0. The van der Waals surface area contributed by atoms with Gasteiger partial charge in [-0.1, -0.05) is 308 Å². The van der Waals surface area contributed by atoms with E-state index in [1.165, 1.54) is 270 Å². The highest BCUT2D eigenvalue weighted by molar-refractivity contribution is 5.76. The second-order valence-corrected chi connectivity index (χ2v) is 21.3. The zero-order chi connectivity index (χ0) is 48.6. The van der Waals surface area contributed by atoms with E-state index in [2.05, 4.69) is 43.5 Å². The lowest BCUT2D eigenvalue weighted by molar-refractivity contribution is -0.124. The SMILES string of the molecule is CCCCCCCCCCCCCCCCC/C=C/CC/C=C/CCCC(O)C(O)C(CO)NC(=O)CCCCCCCCCCCCCCCCCCCCCCCCCCCCCCC. The standard InChI is InChI=1S/C62H121NO4/c1-3-5-7-9-11-13-15-17-19-21-23-25-27-29-30-31-32-33-35-37-39-41-43-45-47-49-51-53-55-57-61(66)63-59(58-64)62(67)60(65)56-54-52-50-48-46-44-42-40-38-36-34-28-26-24-22-20-18-16-14-12-10-8-6-4-2/h40,42,48,50,59-60,62,64-65,67H,3-39,41,43-47,49,51-58H2,1-2H3,(H,63,66)/b42-40+,50-48+. The van der Waals surface area contributed by atoms with Crippen molar-refractivity contribution in [3.8, 4) is 0 Å². The molecular formula is C62H121NO4. The molecule has 0 bridgehead atoms. The summed E-state index contributed by atoms with van der Waals surface area (Å²) in [7, 11) is 0. The third kappa shape index (κ3) is 52.5. The number of nitrogens with one attached hydrogen (secondary N) is 1. The maximum Gasteiger partial charge on any atom is 0.220 e. The van der Waals surface area contributed by atoms with Gasteiger partial charge in [0.05, 0.1) is 18.8 Å². The Bertz CT molecular complexity index is 998. The van der Waals surface area contributed by atoms with E-state index >= 15 is 0 Å². The van der Waals surface area contributed by atoms with Gasteiger partial charge in [0, 0.05) is 6.42 Å². The molecule has 0 fully saturated rings. The topological polar surface area (TPSA) is 89.8 Å². The molecule has 67 heavy (non-hydrogen) atoms. The van der Waals surface area contributed by atoms with Crippen molar-refractivity contribution in [1.82, 2.24) is 5.32 Å². The minimum absolute atomic E-state index is 0.151. The van der Waals surface area contributed by atoms with Crippen LogP contribution >= 0.6 is 0 Å². The van der Waals surface area contributed by atoms with E-state index in [0.717, 1.165) is 44.9 Å². The number of hydrogen-bond donors (Lipinski definition) is 4. The van der Waals surface area contributed by atoms with Crippen LogP contribution in [0.15, 0.2) is 24.3 Å². The predicted octanol–water partition coefficient (Wildman–Crippen LogP) is 19.2. The quantitative estimate of drug-likeness (QED) is 0.0361. The van der Waals surface area contributed by atoms with Gasteiger partial charge in [-0.25, -0.2) is 0 Å². The Labute approximate surface area is 420 Å². The van der Waals surface area contributed by atoms with Gasteiger partial charge >= 0.3 is 0 Å². The Hall–Kier alpha value is -1.17. The van der Waals surface area contributed by atoms with Crippen LogP contribution in [0.25, 0.3) is 0 Å². The van der Waals surface area contributed by atoms with Crippen LogP contribution in [0.3, 0.4) is 0 Å². The molecule has 4 N–H and O–H groups in total. The molecule has 0 aromatic heterocycles. The molecule has 5 nitrogen and oxygen atoms in total. The monoisotopic (exact) mass is 944 g/mol. The first-order valence-electron chi connectivity index (χ1n) is 30.6. The Morgan fingerprint density at radius 1 is 0.358 bits per heavy atom. The van der Waals surface area contributed by atoms with Crippen LogP contribution in [0, 0.1) is 0 Å². The maximum atomic E-state index is 12.5. The Balaban J connectivity index is 3.53. The molecule has 5 heteroatoms. The molecule has 0 aliphatic heterocycles. The van der Waals surface area contributed by atoms with Crippen LogP contribution < -0.4 is 5.32 Å². The van der Waals surface area contributed by atoms with Crippen molar-refractivity contribution in [3.63, 3.8) is 0 Å². The van der Waals surface area contributed by atoms with E-state index in [0.29, 0.717) is 12.8 Å². The maximum absolute atomic E-state index is 12.5. The van der Waals surface area contributed by atoms with Crippen molar-refractivity contribution in [1.29, 1.82) is 0 Å². The summed E-state index contributed by atoms with van der Waals surface area (Å²) in [6.45, 7) is 4.21. The fourth-order valence-corrected chi connectivity index (χ4v) is 9.83. The molecule has 0 radical (unpaired) electrons. The van der Waals surface area contributed by atoms with Crippen LogP contribution in [0.4, 0.5) is 0 Å². The highest BCUT2D eigenvalue weighted by atomic mass is 16.3. The fraction of sp³-hybridized carbons (Fsp3) is 0.919. The average Bonchev–Trinajstić information content (AvgIpc) is 3.33. The number of rotatable bonds is 57. The first-order valence-corrected chi connectivity index (χ1v) is 30.6. The van der Waals surface area contributed by atoms with E-state index in [-0.39, 0.29) is 12.5 Å². The van der Waals surface area contributed by atoms with Crippen LogP contribution in [0.2, 0.25) is 0 Å². The van der Waals surface area contributed by atoms with Gasteiger partial charge in [-0.05, 0) is 51.4 Å². The summed E-state index contributed by atoms with van der Waals surface area (Å²) in [5, 5.41) is 33.8. The molecule has 0 rings (SSSR count). The number of amides is 1. The highest BCUT2D eigenvalue weighted by Crippen LogP contribution is 2.18. The van der Waals surface area contributed by atoms with Gasteiger partial charge in [0.15, 0.2) is 0 Å². The van der Waals surface area contributed by atoms with Gasteiger partial charge in [-0.15, -0.1) is 0 Å². The van der Waals surface area contributed by atoms with Gasteiger partial charge in [0.25, 0.3) is 0 Å². The minimum atomic E-state index is -1.17. The second kappa shape index (κ2) is 57.4. The van der Waals surface area contributed by atoms with Gasteiger partial charge < -0.3 is 20.6 Å². The lowest BCUT2D eigenvalue weighted by Gasteiger charge is -2.26. The molecule has 0 saturated carbocycles. The van der Waals surface area contributed by atoms with Crippen molar-refractivity contribution in [2.45, 2.75) is 360 Å². The summed E-state index contributed by atoms with van der Waals surface area (Å²) in [6.07, 6.45) is 73.6. The largest absolute Gasteiger partial charge is 0.394 e. The predicted molar refractivity (Wildman–Crippen MR) is 296 cm³/mol. The smallest absolute Gasteiger partial charge is 0.220 e. The number of aliphatic hydroxyl groups is 3. The summed E-state index contributed by atoms with van der Waals surface area (Å²) in [6, 6.07) is -0.831. The van der Waals surface area contributed by atoms with Crippen LogP contribution in [-0.4, -0.2) is 46.1 Å². The Morgan fingerprint density at radius 2 is 0.612 bits per heavy atom. The first-order chi connectivity index (χ1) is 33.1. The molecule has 3 unspecified atom stereocenters. The summed E-state index contributed by atoms with van der Waals surface area (Å²) in [5.74, 6) is -0.151. The zero-order valence-corrected chi connectivity index (χ0v) is 45.6. The number of aliphatic hydroxyl groups excluding tert-OH is 3. The molecule has 0 heterocycles. The third-order valence-electron chi connectivity index (χ3n) is 14.5. The van der Waals surface area contributed by atoms with Crippen molar-refractivity contribution >= 4 is 5.91 Å². The number of allylic oxidation sites excluding steroid dienone is 4. The first kappa shape index (κ1) is 65.8. The van der Waals surface area contributed by atoms with Crippen LogP contribution in [0.1, 0.15) is 341 Å². The summed E-state index contributed by atoms with van der Waals surface area (Å²) >= 11 is 0. The molecule has 0 aliphatic carbocycles. The van der Waals surface area contributed by atoms with Crippen molar-refractivity contribution in [3.05, 3.63) is 24.3 Å². The average molecular weight is 945 g/mol. The van der Waals surface area contributed by atoms with Crippen molar-refractivity contribution in [2.75, 3.05) is 6.61 Å². The highest BCUT2D eigenvalue weighted by Gasteiger charge is 2.26. The van der Waals surface area contributed by atoms with Crippen molar-refractivity contribution in [2.24, 2.45) is 0 Å². The normalized spacial score (nSPS) is 13.3. The molecule has 1 amide bonds. The van der Waals surface area contributed by atoms with E-state index in [1.807, 2.05) is 0 Å². The van der Waals surface area contributed by atoms with Crippen LogP contribution in [-0.2, 0) is 4.79 Å².